The molecule has 1 aromatic heterocycles. The molecule has 5 nitrogen and oxygen atoms in total. The first-order valence-electron chi connectivity index (χ1n) is 9.15. The van der Waals surface area contributed by atoms with Gasteiger partial charge in [-0.15, -0.1) is 0 Å². The lowest BCUT2D eigenvalue weighted by Crippen LogP contribution is -2.35. The highest BCUT2D eigenvalue weighted by molar-refractivity contribution is 5.95. The predicted octanol–water partition coefficient (Wildman–Crippen LogP) is 2.67. The van der Waals surface area contributed by atoms with Crippen LogP contribution in [0.3, 0.4) is 0 Å². The van der Waals surface area contributed by atoms with Gasteiger partial charge in [0.05, 0.1) is 18.4 Å². The van der Waals surface area contributed by atoms with Gasteiger partial charge in [-0.2, -0.15) is 0 Å². The SMILES string of the molecule is CC1Cc2ccccc2N1Cc1occc1C(=O)N1CCCNCC1. The van der Waals surface area contributed by atoms with Gasteiger partial charge in [0, 0.05) is 31.4 Å². The average Bonchev–Trinajstić information content (AvgIpc) is 3.09. The van der Waals surface area contributed by atoms with Gasteiger partial charge in [0.15, 0.2) is 0 Å². The molecule has 1 fully saturated rings. The number of carbonyl (C=O) groups is 1. The molecule has 1 aromatic carbocycles. The number of rotatable bonds is 3. The Balaban J connectivity index is 1.55. The second-order valence-electron chi connectivity index (χ2n) is 6.96. The zero-order valence-electron chi connectivity index (χ0n) is 14.7. The van der Waals surface area contributed by atoms with Crippen molar-refractivity contribution in [1.29, 1.82) is 0 Å². The molecule has 25 heavy (non-hydrogen) atoms. The molecule has 4 rings (SSSR count). The second kappa shape index (κ2) is 6.92. The average molecular weight is 339 g/mol. The van der Waals surface area contributed by atoms with Crippen LogP contribution in [0.25, 0.3) is 0 Å². The molecule has 0 radical (unpaired) electrons. The van der Waals surface area contributed by atoms with E-state index in [0.717, 1.165) is 44.8 Å². The Labute approximate surface area is 148 Å². The molecule has 2 aliphatic heterocycles. The lowest BCUT2D eigenvalue weighted by molar-refractivity contribution is 0.0764. The molecular weight excluding hydrogens is 314 g/mol. The molecule has 2 aromatic rings. The molecule has 0 aliphatic carbocycles. The minimum absolute atomic E-state index is 0.0904. The Morgan fingerprint density at radius 1 is 1.24 bits per heavy atom. The monoisotopic (exact) mass is 339 g/mol. The third-order valence-electron chi connectivity index (χ3n) is 5.27. The summed E-state index contributed by atoms with van der Waals surface area (Å²) in [7, 11) is 0. The van der Waals surface area contributed by atoms with Crippen molar-refractivity contribution >= 4 is 11.6 Å². The van der Waals surface area contributed by atoms with Crippen molar-refractivity contribution in [3.8, 4) is 0 Å². The van der Waals surface area contributed by atoms with Gasteiger partial charge in [0.1, 0.15) is 5.76 Å². The van der Waals surface area contributed by atoms with Gasteiger partial charge in [-0.1, -0.05) is 18.2 Å². The molecule has 1 N–H and O–H groups in total. The van der Waals surface area contributed by atoms with Crippen LogP contribution in [0, 0.1) is 0 Å². The predicted molar refractivity (Wildman–Crippen MR) is 97.9 cm³/mol. The van der Waals surface area contributed by atoms with Crippen LogP contribution < -0.4 is 10.2 Å². The van der Waals surface area contributed by atoms with Crippen molar-refractivity contribution in [2.24, 2.45) is 0 Å². The fourth-order valence-electron chi connectivity index (χ4n) is 3.90. The molecule has 1 amide bonds. The second-order valence-corrected chi connectivity index (χ2v) is 6.96. The minimum atomic E-state index is 0.0904. The number of carbonyl (C=O) groups excluding carboxylic acids is 1. The molecule has 132 valence electrons. The lowest BCUT2D eigenvalue weighted by atomic mass is 10.1. The first-order chi connectivity index (χ1) is 12.2. The number of nitrogens with zero attached hydrogens (tertiary/aromatic N) is 2. The molecule has 1 saturated heterocycles. The fourth-order valence-corrected chi connectivity index (χ4v) is 3.90. The molecule has 0 bridgehead atoms. The highest BCUT2D eigenvalue weighted by Gasteiger charge is 2.29. The Kier molecular flexibility index (Phi) is 4.49. The Morgan fingerprint density at radius 3 is 3.04 bits per heavy atom. The molecular formula is C20H25N3O2. The van der Waals surface area contributed by atoms with E-state index in [2.05, 4.69) is 41.4 Å². The summed E-state index contributed by atoms with van der Waals surface area (Å²) in [5, 5.41) is 3.34. The van der Waals surface area contributed by atoms with Crippen molar-refractivity contribution < 1.29 is 9.21 Å². The maximum atomic E-state index is 13.0. The van der Waals surface area contributed by atoms with Crippen LogP contribution in [-0.4, -0.2) is 43.0 Å². The zero-order valence-corrected chi connectivity index (χ0v) is 14.7. The van der Waals surface area contributed by atoms with E-state index in [4.69, 9.17) is 4.42 Å². The maximum absolute atomic E-state index is 13.0. The number of anilines is 1. The largest absolute Gasteiger partial charge is 0.467 e. The van der Waals surface area contributed by atoms with E-state index in [0.29, 0.717) is 18.2 Å². The molecule has 1 unspecified atom stereocenters. The van der Waals surface area contributed by atoms with Gasteiger partial charge in [-0.05, 0) is 44.0 Å². The fraction of sp³-hybridized carbons (Fsp3) is 0.450. The number of furan rings is 1. The van der Waals surface area contributed by atoms with E-state index in [1.807, 2.05) is 11.0 Å². The van der Waals surface area contributed by atoms with E-state index in [1.54, 1.807) is 6.26 Å². The van der Waals surface area contributed by atoms with Crippen molar-refractivity contribution in [2.45, 2.75) is 32.4 Å². The van der Waals surface area contributed by atoms with Crippen LogP contribution in [0.5, 0.6) is 0 Å². The van der Waals surface area contributed by atoms with Gasteiger partial charge in [-0.3, -0.25) is 4.79 Å². The summed E-state index contributed by atoms with van der Waals surface area (Å²) < 4.78 is 5.73. The van der Waals surface area contributed by atoms with Crippen molar-refractivity contribution in [3.05, 3.63) is 53.5 Å². The molecule has 5 heteroatoms. The van der Waals surface area contributed by atoms with Crippen molar-refractivity contribution in [1.82, 2.24) is 10.2 Å². The number of hydrogen-bond acceptors (Lipinski definition) is 4. The van der Waals surface area contributed by atoms with E-state index in [-0.39, 0.29) is 5.91 Å². The quantitative estimate of drug-likeness (QED) is 0.934. The molecule has 0 saturated carbocycles. The summed E-state index contributed by atoms with van der Waals surface area (Å²) in [6, 6.07) is 10.7. The van der Waals surface area contributed by atoms with Crippen LogP contribution in [0.1, 0.15) is 35.0 Å². The summed E-state index contributed by atoms with van der Waals surface area (Å²) >= 11 is 0. The summed E-state index contributed by atoms with van der Waals surface area (Å²) in [6.45, 7) is 6.26. The highest BCUT2D eigenvalue weighted by Crippen LogP contribution is 2.33. The highest BCUT2D eigenvalue weighted by atomic mass is 16.3. The van der Waals surface area contributed by atoms with Gasteiger partial charge in [0.2, 0.25) is 0 Å². The van der Waals surface area contributed by atoms with Crippen LogP contribution >= 0.6 is 0 Å². The summed E-state index contributed by atoms with van der Waals surface area (Å²) in [5.41, 5.74) is 3.33. The smallest absolute Gasteiger partial charge is 0.257 e. The molecule has 3 heterocycles. The summed E-state index contributed by atoms with van der Waals surface area (Å²) in [4.78, 5) is 17.2. The third-order valence-corrected chi connectivity index (χ3v) is 5.27. The van der Waals surface area contributed by atoms with Crippen LogP contribution in [0.15, 0.2) is 41.0 Å². The van der Waals surface area contributed by atoms with Crippen molar-refractivity contribution in [3.63, 3.8) is 0 Å². The van der Waals surface area contributed by atoms with Gasteiger partial charge < -0.3 is 19.5 Å². The molecule has 1 atom stereocenters. The number of hydrogen-bond donors (Lipinski definition) is 1. The Hall–Kier alpha value is -2.27. The number of benzene rings is 1. The topological polar surface area (TPSA) is 48.7 Å². The standard InChI is InChI=1S/C20H25N3O2/c1-15-13-16-5-2-3-6-18(16)23(15)14-19-17(7-12-25-19)20(24)22-10-4-8-21-9-11-22/h2-3,5-7,12,15,21H,4,8-11,13-14H2,1H3. The van der Waals surface area contributed by atoms with Crippen LogP contribution in [0.4, 0.5) is 5.69 Å². The summed E-state index contributed by atoms with van der Waals surface area (Å²) in [5.74, 6) is 0.860. The van der Waals surface area contributed by atoms with Gasteiger partial charge in [0.25, 0.3) is 5.91 Å². The molecule has 0 spiro atoms. The molecule has 2 aliphatic rings. The van der Waals surface area contributed by atoms with Gasteiger partial charge >= 0.3 is 0 Å². The number of fused-ring (bicyclic) bond motifs is 1. The van der Waals surface area contributed by atoms with Gasteiger partial charge in [-0.25, -0.2) is 0 Å². The number of nitrogens with one attached hydrogen (secondary N) is 1. The maximum Gasteiger partial charge on any atom is 0.257 e. The van der Waals surface area contributed by atoms with Crippen LogP contribution in [0.2, 0.25) is 0 Å². The number of amides is 1. The van der Waals surface area contributed by atoms with E-state index in [1.165, 1.54) is 11.3 Å². The van der Waals surface area contributed by atoms with E-state index < -0.39 is 0 Å². The normalized spacial score (nSPS) is 20.4. The minimum Gasteiger partial charge on any atom is -0.467 e. The number of para-hydroxylation sites is 1. The Bertz CT molecular complexity index is 747. The van der Waals surface area contributed by atoms with Crippen LogP contribution in [-0.2, 0) is 13.0 Å². The van der Waals surface area contributed by atoms with E-state index in [9.17, 15) is 4.79 Å². The zero-order chi connectivity index (χ0) is 17.2. The van der Waals surface area contributed by atoms with Crippen molar-refractivity contribution in [2.75, 3.05) is 31.1 Å². The first kappa shape index (κ1) is 16.2. The van der Waals surface area contributed by atoms with E-state index >= 15 is 0 Å². The third kappa shape index (κ3) is 3.16. The Morgan fingerprint density at radius 2 is 2.12 bits per heavy atom. The summed E-state index contributed by atoms with van der Waals surface area (Å²) in [6.07, 6.45) is 3.68. The lowest BCUT2D eigenvalue weighted by Gasteiger charge is -2.25. The first-order valence-corrected chi connectivity index (χ1v) is 9.15.